The van der Waals surface area contributed by atoms with E-state index >= 15 is 0 Å². The van der Waals surface area contributed by atoms with Gasteiger partial charge in [-0.25, -0.2) is 8.42 Å². The highest BCUT2D eigenvalue weighted by molar-refractivity contribution is 7.89. The number of non-ortho nitro benzene ring substituents is 1. The van der Waals surface area contributed by atoms with Gasteiger partial charge in [0.1, 0.15) is 0 Å². The lowest BCUT2D eigenvalue weighted by Gasteiger charge is -2.23. The molecule has 0 radical (unpaired) electrons. The maximum absolute atomic E-state index is 12.6. The molecule has 0 aliphatic carbocycles. The molecular weight excluding hydrogens is 318 g/mol. The summed E-state index contributed by atoms with van der Waals surface area (Å²) in [5.74, 6) is 0. The fraction of sp³-hybridized carbons (Fsp3) is 0.500. The lowest BCUT2D eigenvalue weighted by Crippen LogP contribution is -2.40. The maximum Gasteiger partial charge on any atom is 0.270 e. The molecule has 1 aliphatic rings. The molecule has 0 saturated carbocycles. The van der Waals surface area contributed by atoms with E-state index in [4.69, 9.17) is 0 Å². The topological polar surface area (TPSA) is 92.6 Å². The molecule has 0 amide bonds. The summed E-state index contributed by atoms with van der Waals surface area (Å²) in [5, 5.41) is 13.7. The van der Waals surface area contributed by atoms with Gasteiger partial charge in [0.05, 0.1) is 9.82 Å². The second kappa shape index (κ2) is 7.17. The minimum Gasteiger partial charge on any atom is -0.318 e. The van der Waals surface area contributed by atoms with Gasteiger partial charge in [-0.1, -0.05) is 6.07 Å². The van der Waals surface area contributed by atoms with E-state index in [1.54, 1.807) is 7.05 Å². The van der Waals surface area contributed by atoms with Crippen LogP contribution in [0.25, 0.3) is 0 Å². The average molecular weight is 336 g/mol. The molecule has 7 nitrogen and oxygen atoms in total. The summed E-state index contributed by atoms with van der Waals surface area (Å²) in [4.78, 5) is 10.1. The van der Waals surface area contributed by atoms with Crippen LogP contribution >= 0.6 is 12.4 Å². The van der Waals surface area contributed by atoms with E-state index in [2.05, 4.69) is 5.32 Å². The van der Waals surface area contributed by atoms with Gasteiger partial charge in [-0.15, -0.1) is 12.4 Å². The van der Waals surface area contributed by atoms with Crippen molar-refractivity contribution < 1.29 is 13.3 Å². The molecule has 2 rings (SSSR count). The van der Waals surface area contributed by atoms with Crippen LogP contribution in [0.3, 0.4) is 0 Å². The number of benzene rings is 1. The van der Waals surface area contributed by atoms with Crippen molar-refractivity contribution in [3.05, 3.63) is 34.4 Å². The van der Waals surface area contributed by atoms with Gasteiger partial charge in [0.25, 0.3) is 5.69 Å². The Morgan fingerprint density at radius 2 is 2.19 bits per heavy atom. The Hall–Kier alpha value is -1.22. The average Bonchev–Trinajstić information content (AvgIpc) is 2.88. The zero-order valence-electron chi connectivity index (χ0n) is 11.6. The van der Waals surface area contributed by atoms with Crippen LogP contribution < -0.4 is 5.32 Å². The number of hydrogen-bond donors (Lipinski definition) is 1. The molecule has 1 aromatic carbocycles. The first-order valence-corrected chi connectivity index (χ1v) is 7.81. The summed E-state index contributed by atoms with van der Waals surface area (Å²) in [6.07, 6.45) is 1.61. The van der Waals surface area contributed by atoms with Crippen LogP contribution in [0.4, 0.5) is 5.69 Å². The van der Waals surface area contributed by atoms with Gasteiger partial charge in [0.2, 0.25) is 10.0 Å². The molecule has 1 N–H and O–H groups in total. The number of nitro benzene ring substituents is 1. The number of hydrogen-bond acceptors (Lipinski definition) is 5. The van der Waals surface area contributed by atoms with E-state index in [0.717, 1.165) is 18.9 Å². The molecular formula is C12H18ClN3O4S. The smallest absolute Gasteiger partial charge is 0.270 e. The highest BCUT2D eigenvalue weighted by atomic mass is 35.5. The van der Waals surface area contributed by atoms with Crippen molar-refractivity contribution in [2.24, 2.45) is 0 Å². The Morgan fingerprint density at radius 1 is 1.48 bits per heavy atom. The summed E-state index contributed by atoms with van der Waals surface area (Å²) in [6, 6.07) is 5.10. The van der Waals surface area contributed by atoms with Crippen LogP contribution in [0, 0.1) is 10.1 Å². The van der Waals surface area contributed by atoms with E-state index in [0.29, 0.717) is 13.1 Å². The van der Waals surface area contributed by atoms with Crippen LogP contribution in [0.2, 0.25) is 0 Å². The predicted molar refractivity (Wildman–Crippen MR) is 81.2 cm³/mol. The van der Waals surface area contributed by atoms with Gasteiger partial charge in [-0.2, -0.15) is 4.31 Å². The first kappa shape index (κ1) is 17.8. The third-order valence-electron chi connectivity index (χ3n) is 3.40. The molecule has 1 atom stereocenters. The first-order chi connectivity index (χ1) is 9.46. The van der Waals surface area contributed by atoms with Crippen LogP contribution in [-0.4, -0.2) is 43.8 Å². The van der Waals surface area contributed by atoms with Crippen molar-refractivity contribution in [3.63, 3.8) is 0 Å². The van der Waals surface area contributed by atoms with Crippen LogP contribution in [0.5, 0.6) is 0 Å². The third-order valence-corrected chi connectivity index (χ3v) is 5.35. The Bertz CT molecular complexity index is 608. The number of likely N-dealkylation sites (N-methyl/N-ethyl adjacent to an activating group) is 1. The van der Waals surface area contributed by atoms with E-state index in [1.165, 1.54) is 22.5 Å². The van der Waals surface area contributed by atoms with E-state index in [9.17, 15) is 18.5 Å². The molecule has 9 heteroatoms. The predicted octanol–water partition coefficient (Wildman–Crippen LogP) is 1.39. The second-order valence-electron chi connectivity index (χ2n) is 4.72. The van der Waals surface area contributed by atoms with E-state index in [1.807, 2.05) is 0 Å². The Balaban J connectivity index is 0.00000220. The summed E-state index contributed by atoms with van der Waals surface area (Å²) in [7, 11) is -1.90. The quantitative estimate of drug-likeness (QED) is 0.648. The van der Waals surface area contributed by atoms with Crippen molar-refractivity contribution in [1.29, 1.82) is 0 Å². The van der Waals surface area contributed by atoms with Crippen molar-refractivity contribution in [3.8, 4) is 0 Å². The largest absolute Gasteiger partial charge is 0.318 e. The number of sulfonamides is 1. The van der Waals surface area contributed by atoms with Gasteiger partial charge in [0, 0.05) is 31.3 Å². The Kier molecular flexibility index (Phi) is 6.09. The zero-order valence-corrected chi connectivity index (χ0v) is 13.2. The minimum absolute atomic E-state index is 0. The number of nitro groups is 1. The minimum atomic E-state index is -3.68. The third kappa shape index (κ3) is 3.70. The summed E-state index contributed by atoms with van der Waals surface area (Å²) in [6.45, 7) is 1.03. The standard InChI is InChI=1S/C12H17N3O4S.ClH/c1-13-9-11-5-3-7-14(11)20(18,19)12-6-2-4-10(8-12)15(16)17;/h2,4,6,8,11,13H,3,5,7,9H2,1H3;1H. The molecule has 1 fully saturated rings. The molecule has 21 heavy (non-hydrogen) atoms. The molecule has 0 bridgehead atoms. The Labute approximate surface area is 129 Å². The van der Waals surface area contributed by atoms with E-state index < -0.39 is 14.9 Å². The molecule has 118 valence electrons. The molecule has 1 heterocycles. The molecule has 1 aromatic rings. The molecule has 1 unspecified atom stereocenters. The van der Waals surface area contributed by atoms with Crippen molar-refractivity contribution >= 4 is 28.1 Å². The highest BCUT2D eigenvalue weighted by Crippen LogP contribution is 2.27. The SMILES string of the molecule is CNCC1CCCN1S(=O)(=O)c1cccc([N+](=O)[O-])c1.Cl. The lowest BCUT2D eigenvalue weighted by atomic mass is 10.2. The zero-order chi connectivity index (χ0) is 14.8. The number of rotatable bonds is 5. The van der Waals surface area contributed by atoms with Crippen molar-refractivity contribution in [2.75, 3.05) is 20.1 Å². The van der Waals surface area contributed by atoms with Gasteiger partial charge in [-0.05, 0) is 26.0 Å². The van der Waals surface area contributed by atoms with E-state index in [-0.39, 0.29) is 29.0 Å². The molecule has 1 saturated heterocycles. The molecule has 0 aromatic heterocycles. The molecule has 1 aliphatic heterocycles. The van der Waals surface area contributed by atoms with Crippen LogP contribution in [-0.2, 0) is 10.0 Å². The summed E-state index contributed by atoms with van der Waals surface area (Å²) >= 11 is 0. The van der Waals surface area contributed by atoms with Gasteiger partial charge in [0.15, 0.2) is 0 Å². The van der Waals surface area contributed by atoms with Crippen LogP contribution in [0.1, 0.15) is 12.8 Å². The fourth-order valence-corrected chi connectivity index (χ4v) is 4.19. The Morgan fingerprint density at radius 3 is 2.81 bits per heavy atom. The number of nitrogens with zero attached hydrogens (tertiary/aromatic N) is 2. The van der Waals surface area contributed by atoms with Gasteiger partial charge in [-0.3, -0.25) is 10.1 Å². The fourth-order valence-electron chi connectivity index (χ4n) is 2.46. The van der Waals surface area contributed by atoms with Gasteiger partial charge >= 0.3 is 0 Å². The normalized spacial score (nSPS) is 19.2. The first-order valence-electron chi connectivity index (χ1n) is 6.37. The monoisotopic (exact) mass is 335 g/mol. The second-order valence-corrected chi connectivity index (χ2v) is 6.61. The summed E-state index contributed by atoms with van der Waals surface area (Å²) in [5.41, 5.74) is -0.213. The highest BCUT2D eigenvalue weighted by Gasteiger charge is 2.35. The molecule has 0 spiro atoms. The van der Waals surface area contributed by atoms with Crippen LogP contribution in [0.15, 0.2) is 29.2 Å². The van der Waals surface area contributed by atoms with Crippen molar-refractivity contribution in [2.45, 2.75) is 23.8 Å². The van der Waals surface area contributed by atoms with Crippen molar-refractivity contribution in [1.82, 2.24) is 9.62 Å². The number of nitrogens with one attached hydrogen (secondary N) is 1. The lowest BCUT2D eigenvalue weighted by molar-refractivity contribution is -0.385. The maximum atomic E-state index is 12.6. The summed E-state index contributed by atoms with van der Waals surface area (Å²) < 4.78 is 26.6. The number of halogens is 1. The van der Waals surface area contributed by atoms with Gasteiger partial charge < -0.3 is 5.32 Å².